The fourth-order valence-electron chi connectivity index (χ4n) is 5.58. The molecule has 0 amide bonds. The van der Waals surface area contributed by atoms with E-state index < -0.39 is 6.10 Å². The molecule has 6 nitrogen and oxygen atoms in total. The first kappa shape index (κ1) is 42.1. The Balaban J connectivity index is 1.92. The van der Waals surface area contributed by atoms with E-state index in [0.29, 0.717) is 25.0 Å². The molecule has 0 spiro atoms. The van der Waals surface area contributed by atoms with Crippen LogP contribution in [0.5, 0.6) is 0 Å². The van der Waals surface area contributed by atoms with Crippen LogP contribution in [0.3, 0.4) is 0 Å². The molecule has 266 valence electrons. The van der Waals surface area contributed by atoms with E-state index in [1.54, 1.807) is 0 Å². The molecule has 0 aromatic heterocycles. The molecule has 1 saturated heterocycles. The molecule has 3 atom stereocenters. The average molecular weight is 647 g/mol. The number of unbranched alkanes of at least 4 members (excludes halogenated alkanes) is 16. The largest absolute Gasteiger partial charge is 0.462 e. The summed E-state index contributed by atoms with van der Waals surface area (Å²) in [5.74, 6) is -0.658. The molecule has 46 heavy (non-hydrogen) atoms. The van der Waals surface area contributed by atoms with Gasteiger partial charge in [0, 0.05) is 12.8 Å². The minimum atomic E-state index is -0.799. The molecule has 1 heterocycles. The number of epoxide rings is 1. The van der Waals surface area contributed by atoms with Gasteiger partial charge < -0.3 is 19.3 Å². The van der Waals surface area contributed by atoms with Gasteiger partial charge in [-0.2, -0.15) is 0 Å². The molecule has 0 aromatic rings. The van der Waals surface area contributed by atoms with Crippen LogP contribution in [0.2, 0.25) is 0 Å². The number of allylic oxidation sites excluding steroid dienone is 5. The molecule has 1 fully saturated rings. The first-order chi connectivity index (χ1) is 22.6. The molecule has 1 N–H and O–H groups in total. The molecule has 0 saturated carbocycles. The van der Waals surface area contributed by atoms with Crippen LogP contribution in [0, 0.1) is 0 Å². The summed E-state index contributed by atoms with van der Waals surface area (Å²) < 4.78 is 16.3. The van der Waals surface area contributed by atoms with Crippen molar-refractivity contribution in [3.63, 3.8) is 0 Å². The molecule has 0 aliphatic carbocycles. The predicted octanol–water partition coefficient (Wildman–Crippen LogP) is 10.7. The summed E-state index contributed by atoms with van der Waals surface area (Å²) in [5.41, 5.74) is 0. The second-order valence-electron chi connectivity index (χ2n) is 13.0. The van der Waals surface area contributed by atoms with E-state index in [4.69, 9.17) is 14.2 Å². The van der Waals surface area contributed by atoms with Crippen molar-refractivity contribution in [1.29, 1.82) is 0 Å². The minimum Gasteiger partial charge on any atom is -0.462 e. The monoisotopic (exact) mass is 647 g/mol. The van der Waals surface area contributed by atoms with Crippen LogP contribution in [0.4, 0.5) is 0 Å². The van der Waals surface area contributed by atoms with Gasteiger partial charge in [0.25, 0.3) is 0 Å². The molecule has 1 aliphatic heterocycles. The molecule has 1 aliphatic rings. The van der Waals surface area contributed by atoms with Gasteiger partial charge in [-0.3, -0.25) is 9.59 Å². The number of aliphatic hydroxyl groups is 1. The highest BCUT2D eigenvalue weighted by atomic mass is 16.6. The van der Waals surface area contributed by atoms with Gasteiger partial charge in [-0.15, -0.1) is 0 Å². The zero-order chi connectivity index (χ0) is 33.3. The van der Waals surface area contributed by atoms with Crippen molar-refractivity contribution in [3.05, 3.63) is 36.5 Å². The summed E-state index contributed by atoms with van der Waals surface area (Å²) in [7, 11) is 0. The van der Waals surface area contributed by atoms with Crippen LogP contribution < -0.4 is 0 Å². The predicted molar refractivity (Wildman–Crippen MR) is 191 cm³/mol. The van der Waals surface area contributed by atoms with Gasteiger partial charge in [0.15, 0.2) is 6.10 Å². The lowest BCUT2D eigenvalue weighted by atomic mass is 10.0. The standard InChI is InChI=1S/C40H70O6/c1-3-5-7-8-9-10-11-12-13-14-18-21-24-28-32-39(42)44-35-36(34-41)45-40(43)33-29-25-22-19-16-15-17-20-23-27-31-38-37(46-38)30-26-6-4-2/h15,17,19,22-23,27,36-38,41H,3-14,16,18,20-21,24-26,28-35H2,1-2H3/b17-15-,22-19-,27-23-/t36-,37?,38?/m0/s1. The average Bonchev–Trinajstić information content (AvgIpc) is 3.81. The highest BCUT2D eigenvalue weighted by Crippen LogP contribution is 2.30. The van der Waals surface area contributed by atoms with E-state index >= 15 is 0 Å². The van der Waals surface area contributed by atoms with E-state index in [0.717, 1.165) is 44.9 Å². The maximum Gasteiger partial charge on any atom is 0.306 e. The van der Waals surface area contributed by atoms with E-state index in [1.165, 1.54) is 96.3 Å². The van der Waals surface area contributed by atoms with Crippen LogP contribution in [-0.2, 0) is 23.8 Å². The number of esters is 2. The van der Waals surface area contributed by atoms with E-state index in [-0.39, 0.29) is 31.6 Å². The molecule has 2 unspecified atom stereocenters. The fourth-order valence-corrected chi connectivity index (χ4v) is 5.58. The summed E-state index contributed by atoms with van der Waals surface area (Å²) in [6, 6.07) is 0. The van der Waals surface area contributed by atoms with Crippen molar-refractivity contribution in [2.24, 2.45) is 0 Å². The van der Waals surface area contributed by atoms with Gasteiger partial charge in [-0.05, 0) is 44.9 Å². The Morgan fingerprint density at radius 1 is 0.630 bits per heavy atom. The highest BCUT2D eigenvalue weighted by molar-refractivity contribution is 5.70. The molecular weight excluding hydrogens is 576 g/mol. The van der Waals surface area contributed by atoms with Crippen LogP contribution >= 0.6 is 0 Å². The normalized spacial score (nSPS) is 16.9. The van der Waals surface area contributed by atoms with Crippen LogP contribution in [0.15, 0.2) is 36.5 Å². The molecular formula is C40H70O6. The Morgan fingerprint density at radius 2 is 1.15 bits per heavy atom. The first-order valence-corrected chi connectivity index (χ1v) is 19.2. The lowest BCUT2D eigenvalue weighted by molar-refractivity contribution is -0.161. The third kappa shape index (κ3) is 27.2. The fraction of sp³-hybridized carbons (Fsp3) is 0.800. The maximum atomic E-state index is 12.1. The van der Waals surface area contributed by atoms with E-state index in [9.17, 15) is 14.7 Å². The first-order valence-electron chi connectivity index (χ1n) is 19.2. The number of hydrogen-bond acceptors (Lipinski definition) is 6. The number of aliphatic hydroxyl groups excluding tert-OH is 1. The van der Waals surface area contributed by atoms with E-state index in [1.807, 2.05) is 0 Å². The molecule has 0 bridgehead atoms. The van der Waals surface area contributed by atoms with Crippen LogP contribution in [0.1, 0.15) is 174 Å². The second-order valence-corrected chi connectivity index (χ2v) is 13.0. The Kier molecular flexibility index (Phi) is 29.0. The lowest BCUT2D eigenvalue weighted by Gasteiger charge is -2.15. The second kappa shape index (κ2) is 31.7. The third-order valence-corrected chi connectivity index (χ3v) is 8.61. The SMILES string of the molecule is CCCCCCCCCCCCCCCCC(=O)OC[C@H](CO)OC(=O)CCC/C=C\C/C=C\C/C=C\CC1OC1CCCCC. The Morgan fingerprint density at radius 3 is 1.76 bits per heavy atom. The number of hydrogen-bond donors (Lipinski definition) is 1. The number of carbonyl (C=O) groups excluding carboxylic acids is 2. The van der Waals surface area contributed by atoms with Gasteiger partial charge in [0.1, 0.15) is 6.61 Å². The molecule has 1 rings (SSSR count). The van der Waals surface area contributed by atoms with Crippen molar-refractivity contribution >= 4 is 11.9 Å². The zero-order valence-corrected chi connectivity index (χ0v) is 29.8. The summed E-state index contributed by atoms with van der Waals surface area (Å²) >= 11 is 0. The van der Waals surface area contributed by atoms with Gasteiger partial charge >= 0.3 is 11.9 Å². The molecule has 0 radical (unpaired) electrons. The maximum absolute atomic E-state index is 12.1. The molecule has 0 aromatic carbocycles. The highest BCUT2D eigenvalue weighted by Gasteiger charge is 2.36. The van der Waals surface area contributed by atoms with Gasteiger partial charge in [0.2, 0.25) is 0 Å². The van der Waals surface area contributed by atoms with E-state index in [2.05, 4.69) is 50.3 Å². The van der Waals surface area contributed by atoms with Crippen LogP contribution in [0.25, 0.3) is 0 Å². The number of ether oxygens (including phenoxy) is 3. The summed E-state index contributed by atoms with van der Waals surface area (Å²) in [6.07, 6.45) is 40.9. The Labute approximate surface area is 282 Å². The Bertz CT molecular complexity index is 804. The number of carbonyl (C=O) groups is 2. The smallest absolute Gasteiger partial charge is 0.306 e. The minimum absolute atomic E-state index is 0.0883. The van der Waals surface area contributed by atoms with Crippen LogP contribution in [-0.4, -0.2) is 48.6 Å². The molecule has 6 heteroatoms. The lowest BCUT2D eigenvalue weighted by Crippen LogP contribution is -2.28. The van der Waals surface area contributed by atoms with Crippen molar-refractivity contribution in [3.8, 4) is 0 Å². The van der Waals surface area contributed by atoms with Gasteiger partial charge in [0.05, 0.1) is 18.8 Å². The third-order valence-electron chi connectivity index (χ3n) is 8.61. The van der Waals surface area contributed by atoms with Crippen molar-refractivity contribution in [2.75, 3.05) is 13.2 Å². The van der Waals surface area contributed by atoms with Gasteiger partial charge in [-0.25, -0.2) is 0 Å². The topological polar surface area (TPSA) is 85.4 Å². The quantitative estimate of drug-likeness (QED) is 0.0330. The Hall–Kier alpha value is -1.92. The van der Waals surface area contributed by atoms with Crippen molar-refractivity contribution in [2.45, 2.75) is 193 Å². The van der Waals surface area contributed by atoms with Crippen molar-refractivity contribution < 1.29 is 28.9 Å². The van der Waals surface area contributed by atoms with Crippen molar-refractivity contribution in [1.82, 2.24) is 0 Å². The summed E-state index contributed by atoms with van der Waals surface area (Å²) in [5, 5.41) is 9.53. The summed E-state index contributed by atoms with van der Waals surface area (Å²) in [4.78, 5) is 24.2. The summed E-state index contributed by atoms with van der Waals surface area (Å²) in [6.45, 7) is 4.05. The zero-order valence-electron chi connectivity index (χ0n) is 29.8. The number of rotatable bonds is 33. The van der Waals surface area contributed by atoms with Gasteiger partial charge in [-0.1, -0.05) is 153 Å².